The van der Waals surface area contributed by atoms with Crippen LogP contribution in [-0.2, 0) is 0 Å². The van der Waals surface area contributed by atoms with Gasteiger partial charge in [-0.2, -0.15) is 0 Å². The molecule has 0 saturated heterocycles. The van der Waals surface area contributed by atoms with Gasteiger partial charge in [0.05, 0.1) is 18.9 Å². The summed E-state index contributed by atoms with van der Waals surface area (Å²) in [5.41, 5.74) is 4.38. The number of pyridine rings is 1. The summed E-state index contributed by atoms with van der Waals surface area (Å²) >= 11 is 0. The van der Waals surface area contributed by atoms with Gasteiger partial charge in [-0.1, -0.05) is 88.1 Å². The van der Waals surface area contributed by atoms with Crippen LogP contribution in [0.2, 0.25) is 0 Å². The molecule has 0 aliphatic carbocycles. The Morgan fingerprint density at radius 1 is 0.618 bits per heavy atom. The van der Waals surface area contributed by atoms with E-state index in [2.05, 4.69) is 86.6 Å². The van der Waals surface area contributed by atoms with E-state index in [0.29, 0.717) is 6.61 Å². The first-order chi connectivity index (χ1) is 16.8. The second-order valence-electron chi connectivity index (χ2n) is 8.73. The largest absolute Gasteiger partial charge is 0.490 e. The maximum Gasteiger partial charge on any atom is 0.161 e. The quantitative estimate of drug-likeness (QED) is 0.201. The number of rotatable bonds is 12. The van der Waals surface area contributed by atoms with E-state index < -0.39 is 0 Å². The number of hydrogen-bond donors (Lipinski definition) is 0. The summed E-state index contributed by atoms with van der Waals surface area (Å²) < 4.78 is 12.3. The van der Waals surface area contributed by atoms with Crippen molar-refractivity contribution in [2.75, 3.05) is 13.2 Å². The standard InChI is InChI=1S/C31H35NO2/c1-3-5-9-20-33-29-17-16-26(23-30(29)34-21-10-6-4-2)25-13-11-14-27(22-25)31-28-15-8-7-12-24(28)18-19-32-31/h7-8,11-19,22-23H,3-6,9-10,20-21H2,1-2H3. The molecule has 176 valence electrons. The van der Waals surface area contributed by atoms with E-state index in [-0.39, 0.29) is 0 Å². The fourth-order valence-corrected chi connectivity index (χ4v) is 4.18. The van der Waals surface area contributed by atoms with Crippen LogP contribution in [0.5, 0.6) is 11.5 Å². The predicted molar refractivity (Wildman–Crippen MR) is 143 cm³/mol. The molecule has 0 unspecified atom stereocenters. The van der Waals surface area contributed by atoms with Crippen molar-refractivity contribution >= 4 is 10.8 Å². The van der Waals surface area contributed by atoms with Crippen LogP contribution in [0.4, 0.5) is 0 Å². The van der Waals surface area contributed by atoms with E-state index in [4.69, 9.17) is 14.5 Å². The first-order valence-corrected chi connectivity index (χ1v) is 12.6. The molecule has 0 aliphatic heterocycles. The van der Waals surface area contributed by atoms with Gasteiger partial charge in [-0.15, -0.1) is 0 Å². The fourth-order valence-electron chi connectivity index (χ4n) is 4.18. The van der Waals surface area contributed by atoms with Gasteiger partial charge in [0.25, 0.3) is 0 Å². The van der Waals surface area contributed by atoms with Crippen molar-refractivity contribution in [1.29, 1.82) is 0 Å². The molecule has 3 nitrogen and oxygen atoms in total. The zero-order valence-electron chi connectivity index (χ0n) is 20.4. The molecule has 0 spiro atoms. The van der Waals surface area contributed by atoms with E-state index in [1.54, 1.807) is 0 Å². The number of nitrogens with zero attached hydrogens (tertiary/aromatic N) is 1. The molecule has 1 aromatic heterocycles. The molecule has 0 N–H and O–H groups in total. The number of fused-ring (bicyclic) bond motifs is 1. The maximum absolute atomic E-state index is 6.19. The van der Waals surface area contributed by atoms with Gasteiger partial charge in [0.15, 0.2) is 11.5 Å². The molecule has 0 aliphatic rings. The van der Waals surface area contributed by atoms with Gasteiger partial charge in [-0.25, -0.2) is 0 Å². The van der Waals surface area contributed by atoms with Crippen LogP contribution in [0.15, 0.2) is 79.0 Å². The van der Waals surface area contributed by atoms with Gasteiger partial charge in [-0.3, -0.25) is 4.98 Å². The average molecular weight is 454 g/mol. The Hall–Kier alpha value is -3.33. The molecule has 0 bridgehead atoms. The molecule has 0 fully saturated rings. The molecule has 4 rings (SSSR count). The molecule has 3 heteroatoms. The van der Waals surface area contributed by atoms with Gasteiger partial charge in [0.1, 0.15) is 0 Å². The minimum Gasteiger partial charge on any atom is -0.490 e. The smallest absolute Gasteiger partial charge is 0.161 e. The Kier molecular flexibility index (Phi) is 8.56. The van der Waals surface area contributed by atoms with E-state index in [1.165, 1.54) is 31.1 Å². The van der Waals surface area contributed by atoms with Gasteiger partial charge in [0.2, 0.25) is 0 Å². The van der Waals surface area contributed by atoms with Crippen molar-refractivity contribution in [1.82, 2.24) is 4.98 Å². The van der Waals surface area contributed by atoms with Crippen molar-refractivity contribution < 1.29 is 9.47 Å². The Bertz CT molecular complexity index is 1200. The molecule has 34 heavy (non-hydrogen) atoms. The third kappa shape index (κ3) is 5.96. The molecule has 0 amide bonds. The number of unbranched alkanes of at least 4 members (excludes halogenated alkanes) is 4. The van der Waals surface area contributed by atoms with Gasteiger partial charge in [-0.05, 0) is 53.6 Å². The van der Waals surface area contributed by atoms with Crippen LogP contribution < -0.4 is 9.47 Å². The van der Waals surface area contributed by atoms with Crippen molar-refractivity contribution in [3.8, 4) is 33.9 Å². The summed E-state index contributed by atoms with van der Waals surface area (Å²) in [4.78, 5) is 4.71. The minimum absolute atomic E-state index is 0.711. The van der Waals surface area contributed by atoms with Crippen LogP contribution >= 0.6 is 0 Å². The van der Waals surface area contributed by atoms with Crippen LogP contribution in [0.1, 0.15) is 52.4 Å². The molecule has 0 saturated carbocycles. The first-order valence-electron chi connectivity index (χ1n) is 12.6. The van der Waals surface area contributed by atoms with E-state index in [9.17, 15) is 0 Å². The fraction of sp³-hybridized carbons (Fsp3) is 0.323. The second-order valence-corrected chi connectivity index (χ2v) is 8.73. The van der Waals surface area contributed by atoms with Crippen molar-refractivity contribution in [2.45, 2.75) is 52.4 Å². The zero-order chi connectivity index (χ0) is 23.6. The summed E-state index contributed by atoms with van der Waals surface area (Å²) in [5.74, 6) is 1.67. The third-order valence-electron chi connectivity index (χ3n) is 6.10. The van der Waals surface area contributed by atoms with Crippen molar-refractivity contribution in [3.05, 3.63) is 79.0 Å². The van der Waals surface area contributed by atoms with E-state index in [1.807, 2.05) is 6.20 Å². The predicted octanol–water partition coefficient (Wildman–Crippen LogP) is 8.71. The Labute approximate surface area is 203 Å². The molecular formula is C31H35NO2. The van der Waals surface area contributed by atoms with Crippen LogP contribution in [0, 0.1) is 0 Å². The average Bonchev–Trinajstić information content (AvgIpc) is 2.89. The first kappa shape index (κ1) is 23.8. The third-order valence-corrected chi connectivity index (χ3v) is 6.10. The Balaban J connectivity index is 1.62. The lowest BCUT2D eigenvalue weighted by Gasteiger charge is -2.15. The summed E-state index contributed by atoms with van der Waals surface area (Å²) in [6.07, 6.45) is 8.72. The van der Waals surface area contributed by atoms with Crippen molar-refractivity contribution in [2.24, 2.45) is 0 Å². The highest BCUT2D eigenvalue weighted by molar-refractivity contribution is 5.95. The van der Waals surface area contributed by atoms with Crippen LogP contribution in [0.3, 0.4) is 0 Å². The SMILES string of the molecule is CCCCCOc1ccc(-c2cccc(-c3nccc4ccccc34)c2)cc1OCCCCC. The number of hydrogen-bond acceptors (Lipinski definition) is 3. The lowest BCUT2D eigenvalue weighted by molar-refractivity contribution is 0.260. The van der Waals surface area contributed by atoms with Gasteiger partial charge in [0, 0.05) is 17.1 Å². The summed E-state index contributed by atoms with van der Waals surface area (Å²) in [5, 5.41) is 2.36. The normalized spacial score (nSPS) is 11.0. The highest BCUT2D eigenvalue weighted by Gasteiger charge is 2.11. The minimum atomic E-state index is 0.711. The van der Waals surface area contributed by atoms with Gasteiger partial charge >= 0.3 is 0 Å². The van der Waals surface area contributed by atoms with E-state index in [0.717, 1.165) is 58.7 Å². The summed E-state index contributed by atoms with van der Waals surface area (Å²) in [7, 11) is 0. The van der Waals surface area contributed by atoms with E-state index >= 15 is 0 Å². The summed E-state index contributed by atoms with van der Waals surface area (Å²) in [6.45, 7) is 5.85. The molecule has 3 aromatic carbocycles. The lowest BCUT2D eigenvalue weighted by Crippen LogP contribution is -2.03. The molecular weight excluding hydrogens is 418 g/mol. The topological polar surface area (TPSA) is 31.4 Å². The van der Waals surface area contributed by atoms with Crippen LogP contribution in [0.25, 0.3) is 33.2 Å². The number of ether oxygens (including phenoxy) is 2. The van der Waals surface area contributed by atoms with Gasteiger partial charge < -0.3 is 9.47 Å². The lowest BCUT2D eigenvalue weighted by atomic mass is 9.98. The monoisotopic (exact) mass is 453 g/mol. The molecule has 0 atom stereocenters. The highest BCUT2D eigenvalue weighted by atomic mass is 16.5. The zero-order valence-corrected chi connectivity index (χ0v) is 20.4. The Morgan fingerprint density at radius 2 is 1.32 bits per heavy atom. The molecule has 4 aromatic rings. The summed E-state index contributed by atoms with van der Waals surface area (Å²) in [6, 6.07) is 25.4. The molecule has 1 heterocycles. The van der Waals surface area contributed by atoms with Crippen molar-refractivity contribution in [3.63, 3.8) is 0 Å². The Morgan fingerprint density at radius 3 is 2.12 bits per heavy atom. The number of aromatic nitrogens is 1. The van der Waals surface area contributed by atoms with Crippen LogP contribution in [-0.4, -0.2) is 18.2 Å². The molecule has 0 radical (unpaired) electrons. The maximum atomic E-state index is 6.19. The number of benzene rings is 3. The highest BCUT2D eigenvalue weighted by Crippen LogP contribution is 2.35. The second kappa shape index (κ2) is 12.2.